The van der Waals surface area contributed by atoms with Crippen molar-refractivity contribution in [3.05, 3.63) is 77.6 Å². The molecule has 0 spiro atoms. The van der Waals surface area contributed by atoms with E-state index in [1.807, 2.05) is 55.5 Å². The van der Waals surface area contributed by atoms with Crippen LogP contribution >= 0.6 is 0 Å². The van der Waals surface area contributed by atoms with E-state index in [2.05, 4.69) is 6.07 Å². The minimum absolute atomic E-state index is 0.344. The predicted molar refractivity (Wildman–Crippen MR) is 91.1 cm³/mol. The van der Waals surface area contributed by atoms with Gasteiger partial charge in [-0.15, -0.1) is 0 Å². The fraction of sp³-hybridized carbons (Fsp3) is 0.150. The molecule has 3 rings (SSSR count). The third kappa shape index (κ3) is 3.34. The van der Waals surface area contributed by atoms with Crippen molar-refractivity contribution < 1.29 is 13.9 Å². The SMILES string of the molecule is CCOC(=O)/C=C(\c1ccccc1)c1cc2cc(C)ccc2o1. The predicted octanol–water partition coefficient (Wildman–Crippen LogP) is 4.74. The first kappa shape index (κ1) is 15.1. The normalized spacial score (nSPS) is 11.7. The third-order valence-corrected chi connectivity index (χ3v) is 3.57. The summed E-state index contributed by atoms with van der Waals surface area (Å²) in [6.07, 6.45) is 1.49. The molecule has 0 aliphatic rings. The van der Waals surface area contributed by atoms with Gasteiger partial charge in [-0.3, -0.25) is 0 Å². The number of fused-ring (bicyclic) bond motifs is 1. The van der Waals surface area contributed by atoms with Crippen molar-refractivity contribution in [2.24, 2.45) is 0 Å². The molecule has 116 valence electrons. The summed E-state index contributed by atoms with van der Waals surface area (Å²) in [6, 6.07) is 17.7. The van der Waals surface area contributed by atoms with Gasteiger partial charge in [0.1, 0.15) is 11.3 Å². The molecule has 0 aliphatic heterocycles. The fourth-order valence-electron chi connectivity index (χ4n) is 2.51. The number of rotatable bonds is 4. The van der Waals surface area contributed by atoms with Crippen molar-refractivity contribution in [3.63, 3.8) is 0 Å². The maximum Gasteiger partial charge on any atom is 0.331 e. The van der Waals surface area contributed by atoms with Crippen LogP contribution in [0.2, 0.25) is 0 Å². The minimum atomic E-state index is -0.372. The number of carbonyl (C=O) groups excluding carboxylic acids is 1. The first-order chi connectivity index (χ1) is 11.2. The number of furan rings is 1. The Morgan fingerprint density at radius 2 is 1.91 bits per heavy atom. The number of hydrogen-bond acceptors (Lipinski definition) is 3. The summed E-state index contributed by atoms with van der Waals surface area (Å²) >= 11 is 0. The lowest BCUT2D eigenvalue weighted by atomic mass is 10.0. The van der Waals surface area contributed by atoms with Gasteiger partial charge in [0.15, 0.2) is 0 Å². The topological polar surface area (TPSA) is 39.4 Å². The highest BCUT2D eigenvalue weighted by atomic mass is 16.5. The van der Waals surface area contributed by atoms with E-state index in [9.17, 15) is 4.79 Å². The monoisotopic (exact) mass is 306 g/mol. The summed E-state index contributed by atoms with van der Waals surface area (Å²) < 4.78 is 11.0. The summed E-state index contributed by atoms with van der Waals surface area (Å²) in [7, 11) is 0. The van der Waals surface area contributed by atoms with Crippen LogP contribution in [0.15, 0.2) is 65.1 Å². The van der Waals surface area contributed by atoms with E-state index in [1.165, 1.54) is 11.6 Å². The van der Waals surface area contributed by atoms with E-state index in [4.69, 9.17) is 9.15 Å². The largest absolute Gasteiger partial charge is 0.463 e. The van der Waals surface area contributed by atoms with E-state index in [-0.39, 0.29) is 5.97 Å². The summed E-state index contributed by atoms with van der Waals surface area (Å²) in [4.78, 5) is 11.9. The number of esters is 1. The van der Waals surface area contributed by atoms with Crippen LogP contribution in [0.5, 0.6) is 0 Å². The molecule has 0 fully saturated rings. The molecular formula is C20H18O3. The summed E-state index contributed by atoms with van der Waals surface area (Å²) in [6.45, 7) is 4.17. The number of carbonyl (C=O) groups is 1. The molecule has 0 saturated heterocycles. The standard InChI is InChI=1S/C20H18O3/c1-3-22-20(21)13-17(15-7-5-4-6-8-15)19-12-16-11-14(2)9-10-18(16)23-19/h4-13H,3H2,1-2H3/b17-13+. The van der Waals surface area contributed by atoms with Crippen LogP contribution < -0.4 is 0 Å². The lowest BCUT2D eigenvalue weighted by Gasteiger charge is -2.05. The zero-order valence-corrected chi connectivity index (χ0v) is 13.2. The lowest BCUT2D eigenvalue weighted by Crippen LogP contribution is -2.01. The molecule has 2 aromatic carbocycles. The molecule has 3 nitrogen and oxygen atoms in total. The molecule has 0 unspecified atom stereocenters. The molecule has 3 aromatic rings. The first-order valence-corrected chi connectivity index (χ1v) is 7.62. The second-order valence-electron chi connectivity index (χ2n) is 5.33. The van der Waals surface area contributed by atoms with Crippen molar-refractivity contribution >= 4 is 22.5 Å². The van der Waals surface area contributed by atoms with Crippen LogP contribution in [0, 0.1) is 6.92 Å². The Kier molecular flexibility index (Phi) is 4.29. The van der Waals surface area contributed by atoms with Crippen molar-refractivity contribution in [2.45, 2.75) is 13.8 Å². The highest BCUT2D eigenvalue weighted by Crippen LogP contribution is 2.29. The number of hydrogen-bond donors (Lipinski definition) is 0. The quantitative estimate of drug-likeness (QED) is 0.516. The van der Waals surface area contributed by atoms with Crippen LogP contribution in [0.1, 0.15) is 23.8 Å². The van der Waals surface area contributed by atoms with Crippen LogP contribution in [0.4, 0.5) is 0 Å². The van der Waals surface area contributed by atoms with E-state index in [0.29, 0.717) is 12.4 Å². The zero-order chi connectivity index (χ0) is 16.2. The molecule has 0 amide bonds. The van der Waals surface area contributed by atoms with Gasteiger partial charge in [-0.1, -0.05) is 42.0 Å². The summed E-state index contributed by atoms with van der Waals surface area (Å²) in [5.74, 6) is 0.285. The Morgan fingerprint density at radius 1 is 1.13 bits per heavy atom. The molecule has 0 bridgehead atoms. The number of ether oxygens (including phenoxy) is 1. The minimum Gasteiger partial charge on any atom is -0.463 e. The van der Waals surface area contributed by atoms with Gasteiger partial charge < -0.3 is 9.15 Å². The number of aryl methyl sites for hydroxylation is 1. The van der Waals surface area contributed by atoms with Crippen molar-refractivity contribution in [3.8, 4) is 0 Å². The number of benzene rings is 2. The van der Waals surface area contributed by atoms with Gasteiger partial charge in [-0.2, -0.15) is 0 Å². The van der Waals surface area contributed by atoms with Gasteiger partial charge >= 0.3 is 5.97 Å². The summed E-state index contributed by atoms with van der Waals surface area (Å²) in [5, 5.41) is 1.02. The second kappa shape index (κ2) is 6.53. The maximum atomic E-state index is 11.9. The van der Waals surface area contributed by atoms with Gasteiger partial charge in [0.25, 0.3) is 0 Å². The molecule has 0 atom stereocenters. The van der Waals surface area contributed by atoms with Gasteiger partial charge in [0.05, 0.1) is 6.61 Å². The molecule has 1 heterocycles. The highest BCUT2D eigenvalue weighted by Gasteiger charge is 2.13. The Labute approximate surface area is 135 Å². The smallest absolute Gasteiger partial charge is 0.331 e. The summed E-state index contributed by atoms with van der Waals surface area (Å²) in [5.41, 5.74) is 3.60. The average molecular weight is 306 g/mol. The molecular weight excluding hydrogens is 288 g/mol. The molecule has 23 heavy (non-hydrogen) atoms. The van der Waals surface area contributed by atoms with Crippen LogP contribution in [-0.4, -0.2) is 12.6 Å². The van der Waals surface area contributed by atoms with E-state index < -0.39 is 0 Å². The Morgan fingerprint density at radius 3 is 2.65 bits per heavy atom. The Hall–Kier alpha value is -2.81. The maximum absolute atomic E-state index is 11.9. The second-order valence-corrected chi connectivity index (χ2v) is 5.33. The molecule has 0 N–H and O–H groups in total. The van der Waals surface area contributed by atoms with Crippen molar-refractivity contribution in [1.82, 2.24) is 0 Å². The first-order valence-electron chi connectivity index (χ1n) is 7.62. The van der Waals surface area contributed by atoms with E-state index >= 15 is 0 Å². The van der Waals surface area contributed by atoms with E-state index in [1.54, 1.807) is 6.92 Å². The Balaban J connectivity index is 2.11. The molecule has 0 radical (unpaired) electrons. The van der Waals surface area contributed by atoms with Gasteiger partial charge in [-0.25, -0.2) is 4.79 Å². The van der Waals surface area contributed by atoms with Crippen LogP contribution in [0.25, 0.3) is 16.5 Å². The third-order valence-electron chi connectivity index (χ3n) is 3.57. The van der Waals surface area contributed by atoms with Gasteiger partial charge in [-0.05, 0) is 37.6 Å². The van der Waals surface area contributed by atoms with Crippen molar-refractivity contribution in [1.29, 1.82) is 0 Å². The van der Waals surface area contributed by atoms with Crippen LogP contribution in [-0.2, 0) is 9.53 Å². The molecule has 3 heteroatoms. The van der Waals surface area contributed by atoms with Crippen molar-refractivity contribution in [2.75, 3.05) is 6.61 Å². The highest BCUT2D eigenvalue weighted by molar-refractivity contribution is 5.97. The van der Waals surface area contributed by atoms with E-state index in [0.717, 1.165) is 22.1 Å². The lowest BCUT2D eigenvalue weighted by molar-refractivity contribution is -0.137. The van der Waals surface area contributed by atoms with Crippen LogP contribution in [0.3, 0.4) is 0 Å². The average Bonchev–Trinajstić information content (AvgIpc) is 2.96. The van der Waals surface area contributed by atoms with Gasteiger partial charge in [0.2, 0.25) is 0 Å². The zero-order valence-electron chi connectivity index (χ0n) is 13.2. The molecule has 1 aromatic heterocycles. The molecule has 0 aliphatic carbocycles. The fourth-order valence-corrected chi connectivity index (χ4v) is 2.51. The molecule has 0 saturated carbocycles. The Bertz CT molecular complexity index is 857. The van der Waals surface area contributed by atoms with Gasteiger partial charge in [0, 0.05) is 17.0 Å².